The van der Waals surface area contributed by atoms with Crippen molar-refractivity contribution >= 4 is 85.1 Å². The van der Waals surface area contributed by atoms with Gasteiger partial charge in [0.2, 0.25) is 5.91 Å². The lowest BCUT2D eigenvalue weighted by Gasteiger charge is -2.07. The summed E-state index contributed by atoms with van der Waals surface area (Å²) in [4.78, 5) is 16.5. The van der Waals surface area contributed by atoms with Crippen molar-refractivity contribution in [3.8, 4) is 5.75 Å². The van der Waals surface area contributed by atoms with Gasteiger partial charge in [-0.2, -0.15) is 0 Å². The lowest BCUT2D eigenvalue weighted by Crippen LogP contribution is -2.07. The number of carbonyl (C=O) groups is 1. The van der Waals surface area contributed by atoms with E-state index in [1.807, 2.05) is 0 Å². The molecule has 1 N–H and O–H groups in total. The maximum Gasteiger partial charge on any atom is 0.250 e. The number of benzene rings is 2. The minimum atomic E-state index is -0.371. The second-order valence-electron chi connectivity index (χ2n) is 5.06. The third-order valence-corrected chi connectivity index (χ3v) is 5.57. The van der Waals surface area contributed by atoms with Crippen molar-refractivity contribution in [2.45, 2.75) is 0 Å². The maximum atomic E-state index is 12.2. The zero-order valence-electron chi connectivity index (χ0n) is 13.1. The molecule has 0 saturated carbocycles. The van der Waals surface area contributed by atoms with Crippen LogP contribution < -0.4 is 10.1 Å². The first-order valence-corrected chi connectivity index (χ1v) is 9.48. The molecule has 3 rings (SSSR count). The number of amides is 1. The summed E-state index contributed by atoms with van der Waals surface area (Å²) in [6.07, 6.45) is 2.90. The molecule has 134 valence electrons. The smallest absolute Gasteiger partial charge is 0.250 e. The number of hydrogen-bond acceptors (Lipinski definition) is 4. The zero-order chi connectivity index (χ0) is 18.8. The molecule has 0 spiro atoms. The van der Waals surface area contributed by atoms with Gasteiger partial charge in [0.05, 0.1) is 26.9 Å². The monoisotopic (exact) mass is 446 g/mol. The first-order valence-electron chi connectivity index (χ1n) is 7.15. The molecule has 0 aliphatic carbocycles. The Hall–Kier alpha value is -1.50. The van der Waals surface area contributed by atoms with Crippen molar-refractivity contribution < 1.29 is 9.53 Å². The van der Waals surface area contributed by atoms with Crippen LogP contribution in [0.1, 0.15) is 5.56 Å². The molecular formula is C17H10Cl4N2O2S. The molecule has 0 fully saturated rings. The van der Waals surface area contributed by atoms with Gasteiger partial charge in [-0.1, -0.05) is 57.7 Å². The second-order valence-corrected chi connectivity index (χ2v) is 7.72. The van der Waals surface area contributed by atoms with Crippen LogP contribution >= 0.6 is 57.7 Å². The normalized spacial score (nSPS) is 11.3. The van der Waals surface area contributed by atoms with Gasteiger partial charge in [-0.05, 0) is 30.3 Å². The van der Waals surface area contributed by atoms with Gasteiger partial charge in [0.1, 0.15) is 11.3 Å². The first-order chi connectivity index (χ1) is 12.4. The van der Waals surface area contributed by atoms with Gasteiger partial charge in [-0.3, -0.25) is 10.1 Å². The summed E-state index contributed by atoms with van der Waals surface area (Å²) < 4.78 is 6.06. The standard InChI is InChI=1S/C17H10Cl4N2O2S/c1-25-16-8(6-9(18)7-11(16)20)2-5-13(24)22-17-23-15-12(26-17)4-3-10(19)14(15)21/h2-7H,1H3,(H,22,23,24)/b5-2+. The molecule has 3 aromatic rings. The predicted octanol–water partition coefficient (Wildman–Crippen LogP) is 6.57. The Morgan fingerprint density at radius 3 is 2.69 bits per heavy atom. The third kappa shape index (κ3) is 4.08. The number of nitrogens with one attached hydrogen (secondary N) is 1. The van der Waals surface area contributed by atoms with E-state index in [4.69, 9.17) is 51.1 Å². The molecule has 0 bridgehead atoms. The maximum absolute atomic E-state index is 12.2. The quantitative estimate of drug-likeness (QED) is 0.460. The molecule has 26 heavy (non-hydrogen) atoms. The van der Waals surface area contributed by atoms with Gasteiger partial charge in [0.15, 0.2) is 5.13 Å². The largest absolute Gasteiger partial charge is 0.495 e. The minimum Gasteiger partial charge on any atom is -0.495 e. The molecule has 2 aromatic carbocycles. The number of ether oxygens (including phenoxy) is 1. The van der Waals surface area contributed by atoms with E-state index in [2.05, 4.69) is 10.3 Å². The molecule has 4 nitrogen and oxygen atoms in total. The van der Waals surface area contributed by atoms with Crippen LogP contribution in [0.2, 0.25) is 20.1 Å². The van der Waals surface area contributed by atoms with Crippen LogP contribution in [-0.2, 0) is 4.79 Å². The van der Waals surface area contributed by atoms with Crippen molar-refractivity contribution in [2.24, 2.45) is 0 Å². The van der Waals surface area contributed by atoms with Gasteiger partial charge < -0.3 is 4.74 Å². The van der Waals surface area contributed by atoms with Crippen molar-refractivity contribution in [3.05, 3.63) is 56.0 Å². The van der Waals surface area contributed by atoms with Gasteiger partial charge >= 0.3 is 0 Å². The predicted molar refractivity (Wildman–Crippen MR) is 110 cm³/mol. The molecule has 0 atom stereocenters. The van der Waals surface area contributed by atoms with Gasteiger partial charge in [0, 0.05) is 16.7 Å². The topological polar surface area (TPSA) is 51.2 Å². The summed E-state index contributed by atoms with van der Waals surface area (Å²) in [5.41, 5.74) is 1.13. The molecule has 1 heterocycles. The fraction of sp³-hybridized carbons (Fsp3) is 0.0588. The Bertz CT molecular complexity index is 1030. The van der Waals surface area contributed by atoms with E-state index < -0.39 is 0 Å². The van der Waals surface area contributed by atoms with Gasteiger partial charge in [-0.25, -0.2) is 4.98 Å². The fourth-order valence-electron chi connectivity index (χ4n) is 2.22. The Morgan fingerprint density at radius 1 is 1.19 bits per heavy atom. The molecule has 0 aliphatic heterocycles. The van der Waals surface area contributed by atoms with Crippen LogP contribution in [0.25, 0.3) is 16.3 Å². The number of nitrogens with zero attached hydrogens (tertiary/aromatic N) is 1. The number of aromatic nitrogens is 1. The number of fused-ring (bicyclic) bond motifs is 1. The number of thiazole rings is 1. The highest BCUT2D eigenvalue weighted by Gasteiger charge is 2.12. The Labute approximate surface area is 173 Å². The average Bonchev–Trinajstić information content (AvgIpc) is 2.99. The van der Waals surface area contributed by atoms with E-state index in [0.717, 1.165) is 4.70 Å². The Morgan fingerprint density at radius 2 is 1.96 bits per heavy atom. The summed E-state index contributed by atoms with van der Waals surface area (Å²) >= 11 is 25.5. The van der Waals surface area contributed by atoms with Crippen LogP contribution in [0, 0.1) is 0 Å². The van der Waals surface area contributed by atoms with E-state index in [0.29, 0.717) is 42.1 Å². The highest BCUT2D eigenvalue weighted by molar-refractivity contribution is 7.22. The molecular weight excluding hydrogens is 438 g/mol. The van der Waals surface area contributed by atoms with Crippen LogP contribution in [0.3, 0.4) is 0 Å². The lowest BCUT2D eigenvalue weighted by atomic mass is 10.2. The Kier molecular flexibility index (Phi) is 5.95. The van der Waals surface area contributed by atoms with Crippen LogP contribution in [0.15, 0.2) is 30.3 Å². The molecule has 0 radical (unpaired) electrons. The Balaban J connectivity index is 1.81. The second kappa shape index (κ2) is 8.03. The van der Waals surface area contributed by atoms with Crippen LogP contribution in [0.5, 0.6) is 5.75 Å². The molecule has 0 saturated heterocycles. The number of methoxy groups -OCH3 is 1. The number of anilines is 1. The van der Waals surface area contributed by atoms with Gasteiger partial charge in [-0.15, -0.1) is 0 Å². The fourth-order valence-corrected chi connectivity index (χ4v) is 4.10. The van der Waals surface area contributed by atoms with Crippen LogP contribution in [-0.4, -0.2) is 18.0 Å². The highest BCUT2D eigenvalue weighted by Crippen LogP contribution is 2.35. The number of rotatable bonds is 4. The molecule has 1 aromatic heterocycles. The average molecular weight is 448 g/mol. The van der Waals surface area contributed by atoms with E-state index in [9.17, 15) is 4.79 Å². The van der Waals surface area contributed by atoms with Crippen molar-refractivity contribution in [3.63, 3.8) is 0 Å². The number of carbonyl (C=O) groups excluding carboxylic acids is 1. The summed E-state index contributed by atoms with van der Waals surface area (Å²) in [5.74, 6) is 0.0611. The van der Waals surface area contributed by atoms with Gasteiger partial charge in [0.25, 0.3) is 0 Å². The summed E-state index contributed by atoms with van der Waals surface area (Å²) in [7, 11) is 1.49. The molecule has 0 aliphatic rings. The lowest BCUT2D eigenvalue weighted by molar-refractivity contribution is -0.111. The summed E-state index contributed by atoms with van der Waals surface area (Å²) in [6, 6.07) is 6.70. The van der Waals surface area contributed by atoms with E-state index >= 15 is 0 Å². The van der Waals surface area contributed by atoms with Crippen molar-refractivity contribution in [1.29, 1.82) is 0 Å². The highest BCUT2D eigenvalue weighted by atomic mass is 35.5. The van der Waals surface area contributed by atoms with Crippen molar-refractivity contribution in [1.82, 2.24) is 4.98 Å². The first kappa shape index (κ1) is 19.3. The van der Waals surface area contributed by atoms with Crippen LogP contribution in [0.4, 0.5) is 5.13 Å². The minimum absolute atomic E-state index is 0.356. The summed E-state index contributed by atoms with van der Waals surface area (Å²) in [6.45, 7) is 0. The van der Waals surface area contributed by atoms with E-state index in [1.54, 1.807) is 30.3 Å². The molecule has 1 amide bonds. The zero-order valence-corrected chi connectivity index (χ0v) is 17.0. The number of halogens is 4. The number of hydrogen-bond donors (Lipinski definition) is 1. The van der Waals surface area contributed by atoms with Crippen molar-refractivity contribution in [2.75, 3.05) is 12.4 Å². The summed E-state index contributed by atoms with van der Waals surface area (Å²) in [5, 5.41) is 4.66. The third-order valence-electron chi connectivity index (χ3n) is 3.34. The van der Waals surface area contributed by atoms with E-state index in [1.165, 1.54) is 24.5 Å². The van der Waals surface area contributed by atoms with E-state index in [-0.39, 0.29) is 5.91 Å². The molecule has 9 heteroatoms. The molecule has 0 unspecified atom stereocenters. The SMILES string of the molecule is COc1c(Cl)cc(Cl)cc1/C=C/C(=O)Nc1nc2c(Cl)c(Cl)ccc2s1.